The first-order valence-electron chi connectivity index (χ1n) is 15.0. The van der Waals surface area contributed by atoms with Crippen LogP contribution >= 0.6 is 22.7 Å². The van der Waals surface area contributed by atoms with Gasteiger partial charge >= 0.3 is 11.9 Å². The van der Waals surface area contributed by atoms with Crippen LogP contribution in [-0.2, 0) is 31.9 Å². The van der Waals surface area contributed by atoms with E-state index in [0.29, 0.717) is 23.2 Å². The number of nitrogens with zero attached hydrogens (tertiary/aromatic N) is 4. The van der Waals surface area contributed by atoms with E-state index in [1.54, 1.807) is 0 Å². The van der Waals surface area contributed by atoms with Crippen LogP contribution in [0.1, 0.15) is 69.7 Å². The van der Waals surface area contributed by atoms with Crippen molar-refractivity contribution in [3.63, 3.8) is 0 Å². The molecule has 4 aromatic rings. The van der Waals surface area contributed by atoms with Gasteiger partial charge in [0.15, 0.2) is 10.0 Å². The van der Waals surface area contributed by atoms with E-state index < -0.39 is 0 Å². The average molecular weight is 651 g/mol. The number of benzene rings is 2. The maximum atomic E-state index is 11.0. The van der Waals surface area contributed by atoms with Crippen LogP contribution in [0.15, 0.2) is 73.8 Å². The van der Waals surface area contributed by atoms with Crippen molar-refractivity contribution < 1.29 is 19.1 Å². The summed E-state index contributed by atoms with van der Waals surface area (Å²) < 4.78 is 9.97. The zero-order valence-electron chi connectivity index (χ0n) is 25.5. The lowest BCUT2D eigenvalue weighted by Gasteiger charge is -2.02. The largest absolute Gasteiger partial charge is 0.463 e. The topological polar surface area (TPSA) is 104 Å². The Morgan fingerprint density at radius 2 is 1.00 bits per heavy atom. The molecule has 4 rings (SSSR count). The molecule has 0 unspecified atom stereocenters. The Balaban J connectivity index is 1.20. The highest BCUT2D eigenvalue weighted by Gasteiger charge is 2.05. The van der Waals surface area contributed by atoms with Gasteiger partial charge in [-0.05, 0) is 85.8 Å². The van der Waals surface area contributed by atoms with Crippen molar-refractivity contribution in [3.8, 4) is 34.8 Å². The van der Waals surface area contributed by atoms with Gasteiger partial charge in [-0.3, -0.25) is 0 Å². The fourth-order valence-electron chi connectivity index (χ4n) is 4.13. The molecule has 0 saturated carbocycles. The molecular formula is C36H34N4O4S2. The van der Waals surface area contributed by atoms with Gasteiger partial charge in [-0.15, -0.1) is 20.4 Å². The SMILES string of the molecule is C=CC(=O)OCCCCCc1nnc(C#Cc2ccc(-c3ccc(C#Cc4nnc(CCCCCOC(=O)C=C)s4)cc3)cc2)s1. The Morgan fingerprint density at radius 3 is 1.39 bits per heavy atom. The molecular weight excluding hydrogens is 617 g/mol. The summed E-state index contributed by atoms with van der Waals surface area (Å²) in [5.74, 6) is 11.8. The Morgan fingerprint density at radius 1 is 0.587 bits per heavy atom. The number of carbonyl (C=O) groups is 2. The molecule has 0 aliphatic carbocycles. The molecule has 2 aromatic heterocycles. The van der Waals surface area contributed by atoms with Crippen molar-refractivity contribution in [3.05, 3.63) is 105 Å². The lowest BCUT2D eigenvalue weighted by atomic mass is 10.0. The van der Waals surface area contributed by atoms with Crippen LogP contribution in [0.3, 0.4) is 0 Å². The molecule has 0 saturated heterocycles. The fourth-order valence-corrected chi connectivity index (χ4v) is 5.60. The summed E-state index contributed by atoms with van der Waals surface area (Å²) in [5.41, 5.74) is 4.00. The van der Waals surface area contributed by atoms with Crippen LogP contribution in [0.2, 0.25) is 0 Å². The van der Waals surface area contributed by atoms with E-state index in [4.69, 9.17) is 9.47 Å². The molecule has 0 fully saturated rings. The summed E-state index contributed by atoms with van der Waals surface area (Å²) in [6, 6.07) is 16.2. The van der Waals surface area contributed by atoms with E-state index >= 15 is 0 Å². The maximum Gasteiger partial charge on any atom is 0.330 e. The molecule has 8 nitrogen and oxygen atoms in total. The first-order valence-corrected chi connectivity index (χ1v) is 16.6. The first kappa shape index (κ1) is 34.0. The number of carbonyl (C=O) groups excluding carboxylic acids is 2. The third kappa shape index (κ3) is 11.9. The minimum Gasteiger partial charge on any atom is -0.463 e. The molecule has 0 spiro atoms. The minimum absolute atomic E-state index is 0.383. The van der Waals surface area contributed by atoms with E-state index in [1.807, 2.05) is 24.3 Å². The molecule has 2 aromatic carbocycles. The number of aromatic nitrogens is 4. The van der Waals surface area contributed by atoms with E-state index in [-0.39, 0.29) is 11.9 Å². The molecule has 10 heteroatoms. The molecule has 0 radical (unpaired) electrons. The van der Waals surface area contributed by atoms with Gasteiger partial charge in [0.1, 0.15) is 10.0 Å². The molecule has 234 valence electrons. The Kier molecular flexibility index (Phi) is 13.9. The summed E-state index contributed by atoms with van der Waals surface area (Å²) in [7, 11) is 0. The standard InChI is InChI=1S/C36H34N4O4S2/c1-3-35(41)43-25-9-5-7-11-31-37-39-33(45-31)23-17-27-13-19-29(20-14-27)30-21-15-28(16-22-30)18-24-34-40-38-32(46-34)12-8-6-10-26-44-36(42)4-2/h3-4,13-16,19-22H,1-2,5-12,25-26H2. The smallest absolute Gasteiger partial charge is 0.330 e. The number of ether oxygens (including phenoxy) is 2. The van der Waals surface area contributed by atoms with Crippen LogP contribution in [0.5, 0.6) is 0 Å². The van der Waals surface area contributed by atoms with Crippen LogP contribution in [0.25, 0.3) is 11.1 Å². The number of unbranched alkanes of at least 4 members (excludes halogenated alkanes) is 4. The number of aryl methyl sites for hydroxylation is 2. The quantitative estimate of drug-likeness (QED) is 0.0603. The van der Waals surface area contributed by atoms with Crippen molar-refractivity contribution in [2.45, 2.75) is 51.4 Å². The van der Waals surface area contributed by atoms with Gasteiger partial charge in [-0.25, -0.2) is 9.59 Å². The van der Waals surface area contributed by atoms with Gasteiger partial charge in [0, 0.05) is 36.1 Å². The summed E-state index contributed by atoms with van der Waals surface area (Å²) >= 11 is 3.02. The van der Waals surface area contributed by atoms with E-state index in [2.05, 4.69) is 81.5 Å². The third-order valence-electron chi connectivity index (χ3n) is 6.56. The Bertz CT molecular complexity index is 1610. The van der Waals surface area contributed by atoms with Crippen molar-refractivity contribution in [2.75, 3.05) is 13.2 Å². The summed E-state index contributed by atoms with van der Waals surface area (Å²) in [5, 5.41) is 20.2. The normalized spacial score (nSPS) is 10.2. The molecule has 0 aliphatic heterocycles. The van der Waals surface area contributed by atoms with Gasteiger partial charge < -0.3 is 9.47 Å². The third-order valence-corrected chi connectivity index (χ3v) is 8.35. The second-order valence-electron chi connectivity index (χ2n) is 10.0. The number of rotatable bonds is 15. The predicted molar refractivity (Wildman–Crippen MR) is 181 cm³/mol. The van der Waals surface area contributed by atoms with E-state index in [0.717, 1.165) is 83.6 Å². The van der Waals surface area contributed by atoms with Gasteiger partial charge in [-0.2, -0.15) is 0 Å². The number of esters is 2. The summed E-state index contributed by atoms with van der Waals surface area (Å²) in [4.78, 5) is 22.1. The molecule has 0 N–H and O–H groups in total. The molecule has 0 amide bonds. The minimum atomic E-state index is -0.383. The Hall–Kier alpha value is -4.90. The van der Waals surface area contributed by atoms with Crippen molar-refractivity contribution in [1.82, 2.24) is 20.4 Å². The number of hydrogen-bond acceptors (Lipinski definition) is 10. The maximum absolute atomic E-state index is 11.0. The lowest BCUT2D eigenvalue weighted by molar-refractivity contribution is -0.138. The highest BCUT2D eigenvalue weighted by molar-refractivity contribution is 7.12. The lowest BCUT2D eigenvalue weighted by Crippen LogP contribution is -2.01. The molecule has 0 atom stereocenters. The highest BCUT2D eigenvalue weighted by Crippen LogP contribution is 2.21. The summed E-state index contributed by atoms with van der Waals surface area (Å²) in [6.45, 7) is 7.59. The highest BCUT2D eigenvalue weighted by atomic mass is 32.1. The van der Waals surface area contributed by atoms with Crippen molar-refractivity contribution in [2.24, 2.45) is 0 Å². The van der Waals surface area contributed by atoms with Crippen molar-refractivity contribution in [1.29, 1.82) is 0 Å². The molecule has 2 heterocycles. The van der Waals surface area contributed by atoms with Crippen LogP contribution in [0.4, 0.5) is 0 Å². The zero-order valence-corrected chi connectivity index (χ0v) is 27.1. The van der Waals surface area contributed by atoms with E-state index in [1.165, 1.54) is 34.8 Å². The second kappa shape index (κ2) is 18.8. The Labute approximate surface area is 277 Å². The summed E-state index contributed by atoms with van der Waals surface area (Å²) in [6.07, 6.45) is 9.44. The number of hydrogen-bond donors (Lipinski definition) is 0. The van der Waals surface area contributed by atoms with E-state index in [9.17, 15) is 9.59 Å². The van der Waals surface area contributed by atoms with Gasteiger partial charge in [0.2, 0.25) is 0 Å². The molecule has 46 heavy (non-hydrogen) atoms. The van der Waals surface area contributed by atoms with Crippen LogP contribution < -0.4 is 0 Å². The van der Waals surface area contributed by atoms with Crippen LogP contribution in [0, 0.1) is 23.7 Å². The average Bonchev–Trinajstić information content (AvgIpc) is 3.75. The van der Waals surface area contributed by atoms with Crippen molar-refractivity contribution >= 4 is 34.6 Å². The fraction of sp³-hybridized carbons (Fsp3) is 0.278. The monoisotopic (exact) mass is 650 g/mol. The molecule has 0 bridgehead atoms. The van der Waals surface area contributed by atoms with Gasteiger partial charge in [0.25, 0.3) is 0 Å². The first-order chi connectivity index (χ1) is 22.5. The van der Waals surface area contributed by atoms with Crippen LogP contribution in [-0.4, -0.2) is 45.5 Å². The second-order valence-corrected chi connectivity index (χ2v) is 12.1. The predicted octanol–water partition coefficient (Wildman–Crippen LogP) is 6.74. The zero-order chi connectivity index (χ0) is 32.4. The molecule has 0 aliphatic rings. The van der Waals surface area contributed by atoms with Gasteiger partial charge in [-0.1, -0.05) is 71.9 Å². The van der Waals surface area contributed by atoms with Gasteiger partial charge in [0.05, 0.1) is 13.2 Å².